The summed E-state index contributed by atoms with van der Waals surface area (Å²) in [5, 5.41) is 5.98. The lowest BCUT2D eigenvalue weighted by molar-refractivity contribution is 0.171. The SMILES string of the molecule is O=C(NCC/C=C/c1ccc2c(c1)OCCO2)NC1CCCCC1. The summed E-state index contributed by atoms with van der Waals surface area (Å²) in [6, 6.07) is 6.23. The highest BCUT2D eigenvalue weighted by molar-refractivity contribution is 5.74. The van der Waals surface area contributed by atoms with Gasteiger partial charge in [0.1, 0.15) is 13.2 Å². The number of fused-ring (bicyclic) bond motifs is 1. The van der Waals surface area contributed by atoms with E-state index < -0.39 is 0 Å². The van der Waals surface area contributed by atoms with E-state index in [1.165, 1.54) is 19.3 Å². The van der Waals surface area contributed by atoms with Crippen molar-refractivity contribution in [1.29, 1.82) is 0 Å². The number of carbonyl (C=O) groups is 1. The predicted molar refractivity (Wildman–Crippen MR) is 94.5 cm³/mol. The minimum atomic E-state index is -0.0466. The summed E-state index contributed by atoms with van der Waals surface area (Å²) in [5.74, 6) is 1.60. The lowest BCUT2D eigenvalue weighted by Gasteiger charge is -2.22. The molecular weight excluding hydrogens is 304 g/mol. The van der Waals surface area contributed by atoms with Crippen LogP contribution in [-0.2, 0) is 0 Å². The molecule has 1 aromatic carbocycles. The first-order valence-electron chi connectivity index (χ1n) is 8.92. The molecule has 0 unspecified atom stereocenters. The molecule has 130 valence electrons. The Balaban J connectivity index is 1.36. The van der Waals surface area contributed by atoms with Gasteiger partial charge in [0.25, 0.3) is 0 Å². The molecule has 1 aliphatic heterocycles. The highest BCUT2D eigenvalue weighted by Gasteiger charge is 2.15. The second kappa shape index (κ2) is 8.62. The van der Waals surface area contributed by atoms with Gasteiger partial charge in [0.15, 0.2) is 11.5 Å². The summed E-state index contributed by atoms with van der Waals surface area (Å²) in [7, 11) is 0. The Morgan fingerprint density at radius 2 is 1.92 bits per heavy atom. The van der Waals surface area contributed by atoms with Crippen molar-refractivity contribution in [3.63, 3.8) is 0 Å². The van der Waals surface area contributed by atoms with Crippen LogP contribution in [0.25, 0.3) is 6.08 Å². The van der Waals surface area contributed by atoms with Crippen molar-refractivity contribution in [2.75, 3.05) is 19.8 Å². The zero-order valence-corrected chi connectivity index (χ0v) is 14.1. The van der Waals surface area contributed by atoms with Crippen molar-refractivity contribution in [3.05, 3.63) is 29.8 Å². The van der Waals surface area contributed by atoms with Crippen molar-refractivity contribution in [1.82, 2.24) is 10.6 Å². The Labute approximate surface area is 143 Å². The fraction of sp³-hybridized carbons (Fsp3) is 0.526. The van der Waals surface area contributed by atoms with E-state index in [0.29, 0.717) is 25.8 Å². The molecule has 1 heterocycles. The molecular formula is C19H26N2O3. The third-order valence-electron chi connectivity index (χ3n) is 4.41. The Morgan fingerprint density at radius 3 is 2.75 bits per heavy atom. The van der Waals surface area contributed by atoms with Gasteiger partial charge in [0, 0.05) is 12.6 Å². The molecule has 0 saturated heterocycles. The minimum Gasteiger partial charge on any atom is -0.486 e. The largest absolute Gasteiger partial charge is 0.486 e. The number of hydrogen-bond donors (Lipinski definition) is 2. The topological polar surface area (TPSA) is 59.6 Å². The molecule has 0 radical (unpaired) electrons. The van der Waals surface area contributed by atoms with E-state index in [2.05, 4.69) is 16.7 Å². The number of carbonyl (C=O) groups excluding carboxylic acids is 1. The van der Waals surface area contributed by atoms with Crippen LogP contribution in [0, 0.1) is 0 Å². The number of benzene rings is 1. The first-order chi connectivity index (χ1) is 11.8. The van der Waals surface area contributed by atoms with Crippen LogP contribution in [-0.4, -0.2) is 31.8 Å². The maximum absolute atomic E-state index is 11.8. The minimum absolute atomic E-state index is 0.0466. The van der Waals surface area contributed by atoms with Crippen LogP contribution in [0.1, 0.15) is 44.1 Å². The van der Waals surface area contributed by atoms with E-state index in [1.54, 1.807) is 0 Å². The molecule has 2 N–H and O–H groups in total. The average molecular weight is 330 g/mol. The maximum Gasteiger partial charge on any atom is 0.315 e. The molecule has 1 fully saturated rings. The normalized spacial score (nSPS) is 17.7. The Bertz CT molecular complexity index is 580. The average Bonchev–Trinajstić information content (AvgIpc) is 2.62. The molecule has 3 rings (SSSR count). The molecule has 0 bridgehead atoms. The van der Waals surface area contributed by atoms with Gasteiger partial charge < -0.3 is 20.1 Å². The fourth-order valence-electron chi connectivity index (χ4n) is 3.14. The summed E-state index contributed by atoms with van der Waals surface area (Å²) >= 11 is 0. The van der Waals surface area contributed by atoms with Crippen molar-refractivity contribution in [3.8, 4) is 11.5 Å². The first-order valence-corrected chi connectivity index (χ1v) is 8.92. The van der Waals surface area contributed by atoms with Crippen LogP contribution in [0.2, 0.25) is 0 Å². The molecule has 2 aliphatic rings. The molecule has 1 aromatic rings. The molecule has 5 heteroatoms. The van der Waals surface area contributed by atoms with Gasteiger partial charge in [-0.05, 0) is 37.0 Å². The van der Waals surface area contributed by atoms with Crippen molar-refractivity contribution < 1.29 is 14.3 Å². The van der Waals surface area contributed by atoms with Crippen LogP contribution < -0.4 is 20.1 Å². The predicted octanol–water partition coefficient (Wildman–Crippen LogP) is 3.49. The number of rotatable bonds is 5. The Morgan fingerprint density at radius 1 is 1.12 bits per heavy atom. The van der Waals surface area contributed by atoms with E-state index in [1.807, 2.05) is 24.3 Å². The molecule has 0 aromatic heterocycles. The number of hydrogen-bond acceptors (Lipinski definition) is 3. The monoisotopic (exact) mass is 330 g/mol. The van der Waals surface area contributed by atoms with E-state index in [0.717, 1.165) is 36.3 Å². The van der Waals surface area contributed by atoms with Gasteiger partial charge in [-0.25, -0.2) is 4.79 Å². The number of urea groups is 1. The summed E-state index contributed by atoms with van der Waals surface area (Å²) in [5.41, 5.74) is 1.07. The third-order valence-corrected chi connectivity index (χ3v) is 4.41. The lowest BCUT2D eigenvalue weighted by atomic mass is 9.96. The summed E-state index contributed by atoms with van der Waals surface area (Å²) in [6.45, 7) is 1.84. The zero-order valence-electron chi connectivity index (χ0n) is 14.1. The van der Waals surface area contributed by atoms with Crippen molar-refractivity contribution in [2.24, 2.45) is 0 Å². The Kier molecular flexibility index (Phi) is 5.99. The highest BCUT2D eigenvalue weighted by atomic mass is 16.6. The molecule has 1 saturated carbocycles. The second-order valence-electron chi connectivity index (χ2n) is 6.33. The molecule has 1 aliphatic carbocycles. The van der Waals surface area contributed by atoms with E-state index in [4.69, 9.17) is 9.47 Å². The molecule has 5 nitrogen and oxygen atoms in total. The van der Waals surface area contributed by atoms with Gasteiger partial charge in [-0.15, -0.1) is 0 Å². The summed E-state index contributed by atoms with van der Waals surface area (Å²) < 4.78 is 11.1. The molecule has 0 atom stereocenters. The number of amides is 2. The molecule has 2 amide bonds. The lowest BCUT2D eigenvalue weighted by Crippen LogP contribution is -2.43. The maximum atomic E-state index is 11.8. The van der Waals surface area contributed by atoms with Crippen LogP contribution in [0.15, 0.2) is 24.3 Å². The van der Waals surface area contributed by atoms with Gasteiger partial charge in [-0.3, -0.25) is 0 Å². The van der Waals surface area contributed by atoms with Crippen molar-refractivity contribution in [2.45, 2.75) is 44.6 Å². The van der Waals surface area contributed by atoms with Crippen LogP contribution in [0.3, 0.4) is 0 Å². The summed E-state index contributed by atoms with van der Waals surface area (Å²) in [6.07, 6.45) is 10.9. The van der Waals surface area contributed by atoms with Crippen molar-refractivity contribution >= 4 is 12.1 Å². The number of ether oxygens (including phenoxy) is 2. The quantitative estimate of drug-likeness (QED) is 0.813. The van der Waals surface area contributed by atoms with Crippen LogP contribution in [0.4, 0.5) is 4.79 Å². The van der Waals surface area contributed by atoms with Crippen LogP contribution >= 0.6 is 0 Å². The van der Waals surface area contributed by atoms with Gasteiger partial charge in [-0.1, -0.05) is 37.5 Å². The fourth-order valence-corrected chi connectivity index (χ4v) is 3.14. The van der Waals surface area contributed by atoms with Gasteiger partial charge >= 0.3 is 6.03 Å². The van der Waals surface area contributed by atoms with Crippen LogP contribution in [0.5, 0.6) is 11.5 Å². The highest BCUT2D eigenvalue weighted by Crippen LogP contribution is 2.31. The van der Waals surface area contributed by atoms with E-state index in [-0.39, 0.29) is 6.03 Å². The summed E-state index contributed by atoms with van der Waals surface area (Å²) in [4.78, 5) is 11.8. The second-order valence-corrected chi connectivity index (χ2v) is 6.33. The molecule has 0 spiro atoms. The smallest absolute Gasteiger partial charge is 0.315 e. The number of nitrogens with one attached hydrogen (secondary N) is 2. The zero-order chi connectivity index (χ0) is 16.6. The van der Waals surface area contributed by atoms with Gasteiger partial charge in [0.2, 0.25) is 0 Å². The van der Waals surface area contributed by atoms with E-state index >= 15 is 0 Å². The van der Waals surface area contributed by atoms with E-state index in [9.17, 15) is 4.79 Å². The molecule has 24 heavy (non-hydrogen) atoms. The van der Waals surface area contributed by atoms with Gasteiger partial charge in [0.05, 0.1) is 0 Å². The third kappa shape index (κ3) is 4.91. The Hall–Kier alpha value is -2.17. The standard InChI is InChI=1S/C19H26N2O3/c22-19(21-16-7-2-1-3-8-16)20-11-5-4-6-15-9-10-17-18(14-15)24-13-12-23-17/h4,6,9-10,14,16H,1-3,5,7-8,11-13H2,(H2,20,21,22)/b6-4+. The van der Waals surface area contributed by atoms with Gasteiger partial charge in [-0.2, -0.15) is 0 Å². The first kappa shape index (κ1) is 16.7.